The van der Waals surface area contributed by atoms with Crippen LogP contribution in [0.25, 0.3) is 0 Å². The fourth-order valence-corrected chi connectivity index (χ4v) is 4.15. The van der Waals surface area contributed by atoms with Gasteiger partial charge in [0.25, 0.3) is 0 Å². The predicted molar refractivity (Wildman–Crippen MR) is 142 cm³/mol. The molecule has 0 aromatic heterocycles. The maximum Gasteiger partial charge on any atom is 0.243 e. The van der Waals surface area contributed by atoms with E-state index < -0.39 is 6.04 Å². The largest absolute Gasteiger partial charge is 0.352 e. The molecule has 0 bridgehead atoms. The van der Waals surface area contributed by atoms with E-state index in [4.69, 9.17) is 11.6 Å². The topological polar surface area (TPSA) is 49.4 Å². The van der Waals surface area contributed by atoms with Gasteiger partial charge >= 0.3 is 0 Å². The molecule has 0 heterocycles. The normalized spacial score (nSPS) is 12.6. The standard InChI is InChI=1S/C28H30BrClN2O2/c1-3-20(2)31-28(34)26(17-21-9-5-4-6-10-21)32(19-22-13-15-24(29)16-14-22)27(33)18-23-11-7-8-12-25(23)30/h4-16,20,26H,3,17-19H2,1-2H3,(H,31,34)/t20-,26-/m0/s1. The summed E-state index contributed by atoms with van der Waals surface area (Å²) in [6, 6.07) is 24.3. The Morgan fingerprint density at radius 2 is 1.59 bits per heavy atom. The van der Waals surface area contributed by atoms with Gasteiger partial charge in [0.1, 0.15) is 6.04 Å². The first-order valence-corrected chi connectivity index (χ1v) is 12.7. The molecule has 178 valence electrons. The monoisotopic (exact) mass is 540 g/mol. The summed E-state index contributed by atoms with van der Waals surface area (Å²) in [5.74, 6) is -0.293. The van der Waals surface area contributed by atoms with Crippen LogP contribution in [0.3, 0.4) is 0 Å². The molecule has 4 nitrogen and oxygen atoms in total. The summed E-state index contributed by atoms with van der Waals surface area (Å²) in [7, 11) is 0. The zero-order valence-electron chi connectivity index (χ0n) is 19.5. The maximum absolute atomic E-state index is 13.7. The Morgan fingerprint density at radius 1 is 0.941 bits per heavy atom. The lowest BCUT2D eigenvalue weighted by Crippen LogP contribution is -2.52. The van der Waals surface area contributed by atoms with Gasteiger partial charge in [-0.05, 0) is 48.2 Å². The molecule has 6 heteroatoms. The number of nitrogens with one attached hydrogen (secondary N) is 1. The first kappa shape index (κ1) is 26.0. The minimum absolute atomic E-state index is 0.0129. The second-order valence-corrected chi connectivity index (χ2v) is 9.76. The van der Waals surface area contributed by atoms with Gasteiger partial charge in [-0.15, -0.1) is 0 Å². The fraction of sp³-hybridized carbons (Fsp3) is 0.286. The van der Waals surface area contributed by atoms with E-state index >= 15 is 0 Å². The summed E-state index contributed by atoms with van der Waals surface area (Å²) in [6.45, 7) is 4.32. The molecular formula is C28H30BrClN2O2. The van der Waals surface area contributed by atoms with E-state index in [2.05, 4.69) is 21.2 Å². The van der Waals surface area contributed by atoms with E-state index in [0.29, 0.717) is 18.0 Å². The first-order chi connectivity index (χ1) is 16.4. The molecule has 3 aromatic carbocycles. The molecule has 2 atom stereocenters. The van der Waals surface area contributed by atoms with Crippen LogP contribution in [0, 0.1) is 0 Å². The summed E-state index contributed by atoms with van der Waals surface area (Å²) in [5.41, 5.74) is 2.69. The number of carbonyl (C=O) groups is 2. The van der Waals surface area contributed by atoms with E-state index in [1.807, 2.05) is 86.6 Å². The number of nitrogens with zero attached hydrogens (tertiary/aromatic N) is 1. The zero-order chi connectivity index (χ0) is 24.5. The van der Waals surface area contributed by atoms with Gasteiger partial charge < -0.3 is 10.2 Å². The molecule has 0 saturated carbocycles. The Labute approximate surface area is 215 Å². The molecule has 3 rings (SSSR count). The number of hydrogen-bond donors (Lipinski definition) is 1. The van der Waals surface area contributed by atoms with Gasteiger partial charge in [-0.3, -0.25) is 9.59 Å². The number of amides is 2. The summed E-state index contributed by atoms with van der Waals surface area (Å²) in [6.07, 6.45) is 1.36. The van der Waals surface area contributed by atoms with Crippen molar-refractivity contribution in [2.75, 3.05) is 0 Å². The van der Waals surface area contributed by atoms with Crippen LogP contribution in [0.1, 0.15) is 37.0 Å². The van der Waals surface area contributed by atoms with Gasteiger partial charge in [-0.1, -0.05) is 95.1 Å². The van der Waals surface area contributed by atoms with Crippen LogP contribution >= 0.6 is 27.5 Å². The number of carbonyl (C=O) groups excluding carboxylic acids is 2. The highest BCUT2D eigenvalue weighted by molar-refractivity contribution is 9.10. The number of rotatable bonds is 10. The molecule has 34 heavy (non-hydrogen) atoms. The van der Waals surface area contributed by atoms with E-state index in [1.54, 1.807) is 11.0 Å². The summed E-state index contributed by atoms with van der Waals surface area (Å²) in [4.78, 5) is 28.9. The van der Waals surface area contributed by atoms with Gasteiger partial charge in [0.15, 0.2) is 0 Å². The summed E-state index contributed by atoms with van der Waals surface area (Å²) in [5, 5.41) is 3.63. The Balaban J connectivity index is 1.97. The minimum atomic E-state index is -0.657. The molecule has 2 amide bonds. The van der Waals surface area contributed by atoms with Gasteiger partial charge in [0.2, 0.25) is 11.8 Å². The lowest BCUT2D eigenvalue weighted by molar-refractivity contribution is -0.141. The van der Waals surface area contributed by atoms with Crippen molar-refractivity contribution in [3.8, 4) is 0 Å². The lowest BCUT2D eigenvalue weighted by atomic mass is 10.0. The second-order valence-electron chi connectivity index (χ2n) is 8.44. The van der Waals surface area contributed by atoms with Crippen LogP contribution < -0.4 is 5.32 Å². The fourth-order valence-electron chi connectivity index (χ4n) is 3.69. The molecule has 0 aliphatic rings. The van der Waals surface area contributed by atoms with E-state index in [-0.39, 0.29) is 24.3 Å². The SMILES string of the molecule is CC[C@H](C)NC(=O)[C@H](Cc1ccccc1)N(Cc1ccc(Br)cc1)C(=O)Cc1ccccc1Cl. The third-order valence-electron chi connectivity index (χ3n) is 5.84. The van der Waals surface area contributed by atoms with Gasteiger partial charge in [0.05, 0.1) is 6.42 Å². The van der Waals surface area contributed by atoms with E-state index in [1.165, 1.54) is 0 Å². The van der Waals surface area contributed by atoms with Gasteiger partial charge in [0, 0.05) is 28.5 Å². The van der Waals surface area contributed by atoms with Crippen LogP contribution in [-0.4, -0.2) is 28.8 Å². The lowest BCUT2D eigenvalue weighted by Gasteiger charge is -2.32. The average Bonchev–Trinajstić information content (AvgIpc) is 2.84. The van der Waals surface area contributed by atoms with Crippen molar-refractivity contribution >= 4 is 39.3 Å². The second kappa shape index (κ2) is 12.7. The average molecular weight is 542 g/mol. The van der Waals surface area contributed by atoms with Gasteiger partial charge in [-0.25, -0.2) is 0 Å². The molecule has 0 unspecified atom stereocenters. The minimum Gasteiger partial charge on any atom is -0.352 e. The van der Waals surface area contributed by atoms with Crippen molar-refractivity contribution in [3.05, 3.63) is 105 Å². The molecule has 0 spiro atoms. The van der Waals surface area contributed by atoms with Crippen LogP contribution in [0.4, 0.5) is 0 Å². The molecule has 0 radical (unpaired) electrons. The first-order valence-electron chi connectivity index (χ1n) is 11.5. The quantitative estimate of drug-likeness (QED) is 0.332. The van der Waals surface area contributed by atoms with Crippen molar-refractivity contribution < 1.29 is 9.59 Å². The Kier molecular flexibility index (Phi) is 9.73. The summed E-state index contributed by atoms with van der Waals surface area (Å²) >= 11 is 9.82. The van der Waals surface area contributed by atoms with E-state index in [0.717, 1.165) is 27.6 Å². The highest BCUT2D eigenvalue weighted by atomic mass is 79.9. The number of halogens is 2. The third-order valence-corrected chi connectivity index (χ3v) is 6.74. The molecular weight excluding hydrogens is 512 g/mol. The van der Waals surface area contributed by atoms with E-state index in [9.17, 15) is 9.59 Å². The zero-order valence-corrected chi connectivity index (χ0v) is 21.9. The van der Waals surface area contributed by atoms with Crippen LogP contribution in [0.15, 0.2) is 83.3 Å². The van der Waals surface area contributed by atoms with Crippen molar-refractivity contribution in [1.29, 1.82) is 0 Å². The smallest absolute Gasteiger partial charge is 0.243 e. The molecule has 0 aliphatic carbocycles. The number of hydrogen-bond acceptors (Lipinski definition) is 2. The summed E-state index contributed by atoms with van der Waals surface area (Å²) < 4.78 is 0.959. The molecule has 0 saturated heterocycles. The molecule has 0 fully saturated rings. The third kappa shape index (κ3) is 7.44. The van der Waals surface area contributed by atoms with Crippen molar-refractivity contribution in [3.63, 3.8) is 0 Å². The number of benzene rings is 3. The molecule has 0 aliphatic heterocycles. The van der Waals surface area contributed by atoms with Crippen molar-refractivity contribution in [2.24, 2.45) is 0 Å². The Morgan fingerprint density at radius 3 is 2.24 bits per heavy atom. The van der Waals surface area contributed by atoms with Crippen molar-refractivity contribution in [1.82, 2.24) is 10.2 Å². The van der Waals surface area contributed by atoms with Crippen molar-refractivity contribution in [2.45, 2.75) is 51.7 Å². The molecule has 3 aromatic rings. The predicted octanol–water partition coefficient (Wildman–Crippen LogP) is 6.20. The Bertz CT molecular complexity index is 1090. The highest BCUT2D eigenvalue weighted by Gasteiger charge is 2.31. The highest BCUT2D eigenvalue weighted by Crippen LogP contribution is 2.21. The van der Waals surface area contributed by atoms with Gasteiger partial charge in [-0.2, -0.15) is 0 Å². The Hall–Kier alpha value is -2.63. The maximum atomic E-state index is 13.7. The molecule has 1 N–H and O–H groups in total. The van der Waals surface area contributed by atoms with Crippen LogP contribution in [0.5, 0.6) is 0 Å². The van der Waals surface area contributed by atoms with Crippen LogP contribution in [-0.2, 0) is 29.0 Å². The van der Waals surface area contributed by atoms with Crippen LogP contribution in [0.2, 0.25) is 5.02 Å².